The van der Waals surface area contributed by atoms with Crippen LogP contribution in [0.5, 0.6) is 0 Å². The number of carbonyl (C=O) groups excluding carboxylic acids is 1. The number of nitrogens with two attached hydrogens (primary N) is 2. The zero-order valence-electron chi connectivity index (χ0n) is 10.9. The van der Waals surface area contributed by atoms with Crippen molar-refractivity contribution in [2.45, 2.75) is 6.92 Å². The first-order valence-corrected chi connectivity index (χ1v) is 6.23. The summed E-state index contributed by atoms with van der Waals surface area (Å²) < 4.78 is 0. The lowest BCUT2D eigenvalue weighted by Crippen LogP contribution is -2.21. The van der Waals surface area contributed by atoms with Gasteiger partial charge in [0.25, 0.3) is 0 Å². The molecule has 21 heavy (non-hydrogen) atoms. The summed E-state index contributed by atoms with van der Waals surface area (Å²) in [6.07, 6.45) is 0. The quantitative estimate of drug-likeness (QED) is 0.578. The van der Waals surface area contributed by atoms with Crippen molar-refractivity contribution in [2.24, 2.45) is 16.5 Å². The summed E-state index contributed by atoms with van der Waals surface area (Å²) in [5.74, 6) is 0.256. The van der Waals surface area contributed by atoms with Crippen molar-refractivity contribution >= 4 is 59.0 Å². The van der Waals surface area contributed by atoms with Crippen LogP contribution < -0.4 is 16.8 Å². The second-order valence-corrected chi connectivity index (χ2v) is 4.48. The average Bonchev–Trinajstić information content (AvgIpc) is 2.76. The van der Waals surface area contributed by atoms with Gasteiger partial charge in [-0.05, 0) is 12.1 Å². The van der Waals surface area contributed by atoms with Crippen LogP contribution in [0.4, 0.5) is 10.9 Å². The van der Waals surface area contributed by atoms with Crippen LogP contribution in [0.2, 0.25) is 0 Å². The van der Waals surface area contributed by atoms with Gasteiger partial charge in [-0.3, -0.25) is 4.79 Å². The summed E-state index contributed by atoms with van der Waals surface area (Å²) in [4.78, 5) is 23.3. The minimum atomic E-state index is -0.177. The molecule has 0 saturated heterocycles. The van der Waals surface area contributed by atoms with Crippen LogP contribution in [0.15, 0.2) is 28.6 Å². The molecule has 2 aromatic heterocycles. The lowest BCUT2D eigenvalue weighted by molar-refractivity contribution is -0.114. The molecule has 10 heteroatoms. The fourth-order valence-electron chi connectivity index (χ4n) is 1.37. The Hall–Kier alpha value is -1.90. The predicted octanol–water partition coefficient (Wildman–Crippen LogP) is 1.91. The third-order valence-electron chi connectivity index (χ3n) is 2.03. The standard InChI is InChI=1S/C11H12N6OS.2ClH/c1-6(18)14-9-4-2-3-7(15-9)8-5-19-11(16-8)17-10(12)13;;/h2-5H,1H3,(H,14,15,18)(H4,12,13,16,17);2*1H. The van der Waals surface area contributed by atoms with Gasteiger partial charge < -0.3 is 16.8 Å². The third-order valence-corrected chi connectivity index (χ3v) is 2.77. The predicted molar refractivity (Wildman–Crippen MR) is 89.6 cm³/mol. The molecule has 0 atom stereocenters. The summed E-state index contributed by atoms with van der Waals surface area (Å²) in [7, 11) is 0. The SMILES string of the molecule is CC(=O)Nc1cccc(-c2csc(N=C(N)N)n2)n1.Cl.Cl. The Morgan fingerprint density at radius 3 is 2.57 bits per heavy atom. The Balaban J connectivity index is 0.00000200. The van der Waals surface area contributed by atoms with Crippen LogP contribution in [0, 0.1) is 0 Å². The molecule has 0 aromatic carbocycles. The van der Waals surface area contributed by atoms with Gasteiger partial charge in [0.05, 0.1) is 5.69 Å². The maximum atomic E-state index is 11.0. The van der Waals surface area contributed by atoms with E-state index in [1.54, 1.807) is 23.6 Å². The minimum Gasteiger partial charge on any atom is -0.370 e. The molecule has 114 valence electrons. The first kappa shape index (κ1) is 19.1. The second-order valence-electron chi connectivity index (χ2n) is 3.64. The molecule has 0 radical (unpaired) electrons. The highest BCUT2D eigenvalue weighted by Crippen LogP contribution is 2.25. The fourth-order valence-corrected chi connectivity index (χ4v) is 2.07. The highest BCUT2D eigenvalue weighted by atomic mass is 35.5. The summed E-state index contributed by atoms with van der Waals surface area (Å²) in [6.45, 7) is 1.42. The van der Waals surface area contributed by atoms with Crippen molar-refractivity contribution < 1.29 is 4.79 Å². The van der Waals surface area contributed by atoms with Crippen molar-refractivity contribution in [3.8, 4) is 11.4 Å². The number of aliphatic imine (C=N–C) groups is 1. The molecule has 0 bridgehead atoms. The van der Waals surface area contributed by atoms with Gasteiger partial charge in [0, 0.05) is 12.3 Å². The maximum Gasteiger partial charge on any atom is 0.222 e. The number of halogens is 2. The normalized spacial score (nSPS) is 9.00. The Labute approximate surface area is 137 Å². The molecule has 7 nitrogen and oxygen atoms in total. The molecule has 0 saturated carbocycles. The molecule has 2 heterocycles. The van der Waals surface area contributed by atoms with Gasteiger partial charge in [0.15, 0.2) is 5.96 Å². The zero-order valence-corrected chi connectivity index (χ0v) is 13.4. The van der Waals surface area contributed by atoms with E-state index in [1.165, 1.54) is 18.3 Å². The average molecular weight is 349 g/mol. The molecule has 0 aliphatic heterocycles. The number of amides is 1. The molecular formula is C11H14Cl2N6OS. The van der Waals surface area contributed by atoms with Crippen LogP contribution in [0.25, 0.3) is 11.4 Å². The molecule has 2 aromatic rings. The number of aromatic nitrogens is 2. The summed E-state index contributed by atoms with van der Waals surface area (Å²) in [6, 6.07) is 5.28. The summed E-state index contributed by atoms with van der Waals surface area (Å²) in [5.41, 5.74) is 11.9. The van der Waals surface area contributed by atoms with Crippen molar-refractivity contribution in [1.29, 1.82) is 0 Å². The van der Waals surface area contributed by atoms with E-state index in [0.717, 1.165) is 0 Å². The Morgan fingerprint density at radius 2 is 1.95 bits per heavy atom. The van der Waals surface area contributed by atoms with Crippen molar-refractivity contribution in [1.82, 2.24) is 9.97 Å². The zero-order chi connectivity index (χ0) is 13.8. The topological polar surface area (TPSA) is 119 Å². The molecule has 1 amide bonds. The molecular weight excluding hydrogens is 335 g/mol. The van der Waals surface area contributed by atoms with Gasteiger partial charge >= 0.3 is 0 Å². The number of hydrogen-bond acceptors (Lipinski definition) is 5. The Kier molecular flexibility index (Phi) is 7.64. The van der Waals surface area contributed by atoms with Gasteiger partial charge in [-0.1, -0.05) is 6.07 Å². The van der Waals surface area contributed by atoms with E-state index >= 15 is 0 Å². The molecule has 0 unspecified atom stereocenters. The highest BCUT2D eigenvalue weighted by molar-refractivity contribution is 7.13. The van der Waals surface area contributed by atoms with E-state index in [1.807, 2.05) is 0 Å². The largest absolute Gasteiger partial charge is 0.370 e. The maximum absolute atomic E-state index is 11.0. The molecule has 2 rings (SSSR count). The van der Waals surface area contributed by atoms with Crippen molar-refractivity contribution in [3.05, 3.63) is 23.6 Å². The Morgan fingerprint density at radius 1 is 1.24 bits per heavy atom. The number of hydrogen-bond donors (Lipinski definition) is 3. The number of nitrogens with one attached hydrogen (secondary N) is 1. The number of nitrogens with zero attached hydrogens (tertiary/aromatic N) is 3. The molecule has 0 fully saturated rings. The van der Waals surface area contributed by atoms with E-state index < -0.39 is 0 Å². The van der Waals surface area contributed by atoms with Crippen molar-refractivity contribution in [3.63, 3.8) is 0 Å². The lowest BCUT2D eigenvalue weighted by atomic mass is 10.3. The lowest BCUT2D eigenvalue weighted by Gasteiger charge is -2.02. The third kappa shape index (κ3) is 5.54. The minimum absolute atomic E-state index is 0. The first-order chi connectivity index (χ1) is 9.04. The summed E-state index contributed by atoms with van der Waals surface area (Å²) >= 11 is 1.31. The van der Waals surface area contributed by atoms with E-state index in [4.69, 9.17) is 11.5 Å². The Bertz CT molecular complexity index is 641. The van der Waals surface area contributed by atoms with E-state index in [2.05, 4.69) is 20.3 Å². The molecule has 5 N–H and O–H groups in total. The second kappa shape index (κ2) is 8.40. The highest BCUT2D eigenvalue weighted by Gasteiger charge is 2.07. The summed E-state index contributed by atoms with van der Waals surface area (Å²) in [5, 5.41) is 4.87. The van der Waals surface area contributed by atoms with Crippen LogP contribution in [-0.4, -0.2) is 21.8 Å². The molecule has 0 aliphatic carbocycles. The number of anilines is 1. The monoisotopic (exact) mass is 348 g/mol. The number of pyridine rings is 1. The van der Waals surface area contributed by atoms with Crippen LogP contribution >= 0.6 is 36.2 Å². The van der Waals surface area contributed by atoms with Crippen LogP contribution in [-0.2, 0) is 4.79 Å². The fraction of sp³-hybridized carbons (Fsp3) is 0.0909. The van der Waals surface area contributed by atoms with E-state index in [9.17, 15) is 4.79 Å². The van der Waals surface area contributed by atoms with Gasteiger partial charge in [0.1, 0.15) is 11.5 Å². The van der Waals surface area contributed by atoms with Gasteiger partial charge in [-0.25, -0.2) is 9.97 Å². The van der Waals surface area contributed by atoms with E-state index in [0.29, 0.717) is 22.3 Å². The number of thiazole rings is 1. The number of carbonyl (C=O) groups is 1. The van der Waals surface area contributed by atoms with Crippen LogP contribution in [0.1, 0.15) is 6.92 Å². The number of guanidine groups is 1. The van der Waals surface area contributed by atoms with Crippen LogP contribution in [0.3, 0.4) is 0 Å². The number of rotatable bonds is 3. The van der Waals surface area contributed by atoms with Gasteiger partial charge in [0.2, 0.25) is 11.0 Å². The van der Waals surface area contributed by atoms with E-state index in [-0.39, 0.29) is 36.7 Å². The smallest absolute Gasteiger partial charge is 0.222 e. The van der Waals surface area contributed by atoms with Crippen molar-refractivity contribution in [2.75, 3.05) is 5.32 Å². The van der Waals surface area contributed by atoms with Gasteiger partial charge in [-0.2, -0.15) is 4.99 Å². The molecule has 0 aliphatic rings. The van der Waals surface area contributed by atoms with Gasteiger partial charge in [-0.15, -0.1) is 36.2 Å². The first-order valence-electron chi connectivity index (χ1n) is 5.35. The molecule has 0 spiro atoms.